The molecule has 0 aliphatic heterocycles. The summed E-state index contributed by atoms with van der Waals surface area (Å²) in [6, 6.07) is 0. The number of nitrogens with zero attached hydrogens (tertiary/aromatic N) is 1. The van der Waals surface area contributed by atoms with Gasteiger partial charge < -0.3 is 15.3 Å². The predicted molar refractivity (Wildman–Crippen MR) is 60.2 cm³/mol. The number of hydrogen-bond acceptors (Lipinski definition) is 3. The third-order valence-corrected chi connectivity index (χ3v) is 3.13. The molecule has 1 aliphatic rings. The normalized spacial score (nSPS) is 16.8. The van der Waals surface area contributed by atoms with E-state index in [4.69, 9.17) is 5.11 Å². The lowest BCUT2D eigenvalue weighted by molar-refractivity contribution is -0.167. The average Bonchev–Trinajstić information content (AvgIpc) is 2.15. The molecule has 6 nitrogen and oxygen atoms in total. The summed E-state index contributed by atoms with van der Waals surface area (Å²) < 4.78 is 0. The molecule has 6 heteroatoms. The maximum atomic E-state index is 12.0. The van der Waals surface area contributed by atoms with Gasteiger partial charge in [0.05, 0.1) is 6.54 Å². The van der Waals surface area contributed by atoms with Crippen LogP contribution in [0.25, 0.3) is 0 Å². The van der Waals surface area contributed by atoms with Crippen molar-refractivity contribution in [3.8, 4) is 0 Å². The number of carboxylic acid groups (broad SMARTS) is 1. The van der Waals surface area contributed by atoms with Gasteiger partial charge in [-0.3, -0.25) is 14.4 Å². The highest BCUT2D eigenvalue weighted by molar-refractivity contribution is 6.03. The highest BCUT2D eigenvalue weighted by atomic mass is 16.4. The number of likely N-dealkylation sites (N-methyl/N-ethyl adjacent to an activating group) is 2. The Morgan fingerprint density at radius 3 is 2.29 bits per heavy atom. The lowest BCUT2D eigenvalue weighted by Gasteiger charge is -2.38. The summed E-state index contributed by atoms with van der Waals surface area (Å²) in [5.41, 5.74) is -1.29. The first-order valence-corrected chi connectivity index (χ1v) is 5.69. The second-order valence-corrected chi connectivity index (χ2v) is 4.36. The van der Waals surface area contributed by atoms with Gasteiger partial charge in [0.15, 0.2) is 0 Å². The van der Waals surface area contributed by atoms with Crippen molar-refractivity contribution in [1.29, 1.82) is 0 Å². The zero-order valence-corrected chi connectivity index (χ0v) is 10.2. The first-order valence-electron chi connectivity index (χ1n) is 5.69. The van der Waals surface area contributed by atoms with Gasteiger partial charge in [0, 0.05) is 13.6 Å². The topological polar surface area (TPSA) is 86.7 Å². The van der Waals surface area contributed by atoms with E-state index >= 15 is 0 Å². The number of aliphatic carboxylic acids is 1. The quantitative estimate of drug-likeness (QED) is 0.656. The maximum Gasteiger partial charge on any atom is 0.319 e. The molecule has 0 aromatic rings. The monoisotopic (exact) mass is 242 g/mol. The van der Waals surface area contributed by atoms with Gasteiger partial charge in [0.25, 0.3) is 0 Å². The zero-order valence-electron chi connectivity index (χ0n) is 10.2. The second kappa shape index (κ2) is 5.16. The van der Waals surface area contributed by atoms with Crippen LogP contribution in [0.4, 0.5) is 0 Å². The number of carbonyl (C=O) groups excluding carboxylic acids is 2. The lowest BCUT2D eigenvalue weighted by atomic mass is 9.68. The van der Waals surface area contributed by atoms with Crippen LogP contribution in [0.3, 0.4) is 0 Å². The third kappa shape index (κ3) is 2.57. The summed E-state index contributed by atoms with van der Waals surface area (Å²) in [6.07, 6.45) is 1.47. The average molecular weight is 242 g/mol. The van der Waals surface area contributed by atoms with Crippen molar-refractivity contribution < 1.29 is 19.5 Å². The van der Waals surface area contributed by atoms with Crippen LogP contribution in [0.2, 0.25) is 0 Å². The number of carboxylic acids is 1. The number of hydrogen-bond donors (Lipinski definition) is 2. The van der Waals surface area contributed by atoms with Gasteiger partial charge in [-0.25, -0.2) is 0 Å². The Morgan fingerprint density at radius 2 is 1.94 bits per heavy atom. The first-order chi connectivity index (χ1) is 7.94. The number of carbonyl (C=O) groups is 3. The van der Waals surface area contributed by atoms with Crippen LogP contribution >= 0.6 is 0 Å². The molecule has 17 heavy (non-hydrogen) atoms. The van der Waals surface area contributed by atoms with Crippen LogP contribution in [0.1, 0.15) is 26.2 Å². The molecule has 96 valence electrons. The Kier molecular flexibility index (Phi) is 4.09. The molecule has 1 rings (SSSR count). The highest BCUT2D eigenvalue weighted by Crippen LogP contribution is 2.42. The molecular formula is C11H18N2O4. The van der Waals surface area contributed by atoms with Crippen molar-refractivity contribution in [1.82, 2.24) is 10.2 Å². The fourth-order valence-electron chi connectivity index (χ4n) is 1.96. The van der Waals surface area contributed by atoms with Gasteiger partial charge in [-0.2, -0.15) is 0 Å². The number of rotatable bonds is 5. The summed E-state index contributed by atoms with van der Waals surface area (Å²) in [6.45, 7) is 2.18. The molecule has 0 radical (unpaired) electrons. The molecule has 2 amide bonds. The summed E-state index contributed by atoms with van der Waals surface area (Å²) in [4.78, 5) is 35.6. The summed E-state index contributed by atoms with van der Waals surface area (Å²) in [7, 11) is 1.46. The van der Waals surface area contributed by atoms with Gasteiger partial charge in [-0.1, -0.05) is 6.42 Å². The molecule has 0 atom stereocenters. The molecule has 1 fully saturated rings. The van der Waals surface area contributed by atoms with Crippen LogP contribution < -0.4 is 5.32 Å². The minimum Gasteiger partial charge on any atom is -0.480 e. The Hall–Kier alpha value is -1.59. The molecular weight excluding hydrogens is 224 g/mol. The fourth-order valence-corrected chi connectivity index (χ4v) is 1.96. The smallest absolute Gasteiger partial charge is 0.319 e. The molecule has 1 aliphatic carbocycles. The van der Waals surface area contributed by atoms with Crippen molar-refractivity contribution in [2.45, 2.75) is 26.2 Å². The maximum absolute atomic E-state index is 12.0. The Bertz CT molecular complexity index is 336. The zero-order chi connectivity index (χ0) is 13.1. The van der Waals surface area contributed by atoms with E-state index in [1.807, 2.05) is 0 Å². The highest BCUT2D eigenvalue weighted by Gasteiger charge is 2.52. The SMILES string of the molecule is CCNC(=O)CN(C)C(=O)C1(C(=O)O)CCC1. The van der Waals surface area contributed by atoms with E-state index in [1.165, 1.54) is 11.9 Å². The van der Waals surface area contributed by atoms with E-state index in [0.29, 0.717) is 19.4 Å². The van der Waals surface area contributed by atoms with E-state index in [2.05, 4.69) is 5.32 Å². The first kappa shape index (κ1) is 13.5. The minimum absolute atomic E-state index is 0.0955. The standard InChI is InChI=1S/C11H18N2O4/c1-3-12-8(14)7-13(2)9(15)11(10(16)17)5-4-6-11/h3-7H2,1-2H3,(H,12,14)(H,16,17). The van der Waals surface area contributed by atoms with Crippen LogP contribution in [0.5, 0.6) is 0 Å². The van der Waals surface area contributed by atoms with Gasteiger partial charge in [0.1, 0.15) is 5.41 Å². The third-order valence-electron chi connectivity index (χ3n) is 3.13. The molecule has 0 heterocycles. The van der Waals surface area contributed by atoms with E-state index in [9.17, 15) is 14.4 Å². The molecule has 1 saturated carbocycles. The van der Waals surface area contributed by atoms with Crippen LogP contribution in [-0.2, 0) is 14.4 Å². The second-order valence-electron chi connectivity index (χ2n) is 4.36. The summed E-state index contributed by atoms with van der Waals surface area (Å²) >= 11 is 0. The summed E-state index contributed by atoms with van der Waals surface area (Å²) in [5, 5.41) is 11.7. The van der Waals surface area contributed by atoms with Crippen molar-refractivity contribution in [3.63, 3.8) is 0 Å². The molecule has 0 spiro atoms. The fraction of sp³-hybridized carbons (Fsp3) is 0.727. The lowest BCUT2D eigenvalue weighted by Crippen LogP contribution is -2.53. The Balaban J connectivity index is 2.63. The van der Waals surface area contributed by atoms with Crippen LogP contribution in [-0.4, -0.2) is 47.9 Å². The van der Waals surface area contributed by atoms with Crippen molar-refractivity contribution >= 4 is 17.8 Å². The largest absolute Gasteiger partial charge is 0.480 e. The van der Waals surface area contributed by atoms with Gasteiger partial charge in [0.2, 0.25) is 11.8 Å². The molecule has 0 saturated heterocycles. The van der Waals surface area contributed by atoms with E-state index < -0.39 is 17.3 Å². The predicted octanol–water partition coefficient (Wildman–Crippen LogP) is -0.164. The number of amides is 2. The van der Waals surface area contributed by atoms with E-state index in [0.717, 1.165) is 6.42 Å². The van der Waals surface area contributed by atoms with Crippen LogP contribution in [0.15, 0.2) is 0 Å². The van der Waals surface area contributed by atoms with Crippen molar-refractivity contribution in [3.05, 3.63) is 0 Å². The van der Waals surface area contributed by atoms with Crippen molar-refractivity contribution in [2.24, 2.45) is 5.41 Å². The van der Waals surface area contributed by atoms with Crippen molar-refractivity contribution in [2.75, 3.05) is 20.1 Å². The van der Waals surface area contributed by atoms with Gasteiger partial charge in [-0.15, -0.1) is 0 Å². The Morgan fingerprint density at radius 1 is 1.35 bits per heavy atom. The van der Waals surface area contributed by atoms with Crippen LogP contribution in [0, 0.1) is 5.41 Å². The Labute approximate surface area is 100.0 Å². The van der Waals surface area contributed by atoms with Gasteiger partial charge in [-0.05, 0) is 19.8 Å². The number of nitrogens with one attached hydrogen (secondary N) is 1. The molecule has 0 bridgehead atoms. The minimum atomic E-state index is -1.29. The molecule has 0 unspecified atom stereocenters. The van der Waals surface area contributed by atoms with Gasteiger partial charge >= 0.3 is 5.97 Å². The molecule has 0 aromatic carbocycles. The molecule has 0 aromatic heterocycles. The summed E-state index contributed by atoms with van der Waals surface area (Å²) in [5.74, 6) is -1.83. The molecule has 2 N–H and O–H groups in total. The van der Waals surface area contributed by atoms with E-state index in [1.54, 1.807) is 6.92 Å². The van der Waals surface area contributed by atoms with E-state index in [-0.39, 0.29) is 12.5 Å².